The molecule has 0 radical (unpaired) electrons. The molecule has 2 aromatic heterocycles. The number of thioether (sulfide) groups is 1. The van der Waals surface area contributed by atoms with E-state index in [2.05, 4.69) is 38.7 Å². The van der Waals surface area contributed by atoms with E-state index in [0.29, 0.717) is 22.5 Å². The van der Waals surface area contributed by atoms with Crippen molar-refractivity contribution in [2.75, 3.05) is 0 Å². The number of hydrogen-bond donors (Lipinski definition) is 0. The van der Waals surface area contributed by atoms with Crippen LogP contribution in [-0.4, -0.2) is 19.7 Å². The zero-order chi connectivity index (χ0) is 18.6. The molecule has 5 nitrogen and oxygen atoms in total. The van der Waals surface area contributed by atoms with Crippen molar-refractivity contribution in [1.82, 2.24) is 19.7 Å². The molecule has 0 aliphatic carbocycles. The first-order valence-electron chi connectivity index (χ1n) is 8.57. The van der Waals surface area contributed by atoms with Gasteiger partial charge in [0.05, 0.1) is 17.6 Å². The van der Waals surface area contributed by atoms with Crippen LogP contribution in [0.4, 0.5) is 0 Å². The lowest BCUT2D eigenvalue weighted by molar-refractivity contribution is 0.391. The van der Waals surface area contributed by atoms with Gasteiger partial charge in [-0.05, 0) is 24.6 Å². The molecule has 0 amide bonds. The van der Waals surface area contributed by atoms with E-state index in [9.17, 15) is 0 Å². The maximum atomic E-state index is 6.03. The van der Waals surface area contributed by atoms with E-state index in [1.807, 2.05) is 48.7 Å². The minimum atomic E-state index is 0.539. The molecule has 0 saturated carbocycles. The first-order chi connectivity index (χ1) is 13.2. The largest absolute Gasteiger partial charge is 0.338 e. The Labute approximate surface area is 166 Å². The van der Waals surface area contributed by atoms with Crippen LogP contribution in [0.1, 0.15) is 12.8 Å². The Morgan fingerprint density at radius 2 is 1.89 bits per heavy atom. The molecule has 0 atom stereocenters. The second kappa shape index (κ2) is 7.98. The fraction of sp³-hybridized carbons (Fsp3) is 0.150. The van der Waals surface area contributed by atoms with Crippen molar-refractivity contribution < 1.29 is 4.52 Å². The van der Waals surface area contributed by atoms with Crippen LogP contribution in [0.5, 0.6) is 0 Å². The van der Waals surface area contributed by atoms with Crippen LogP contribution in [0.25, 0.3) is 22.6 Å². The Balaban J connectivity index is 1.51. The Bertz CT molecular complexity index is 1050. The molecular weight excluding hydrogens is 380 g/mol. The molecule has 0 aliphatic heterocycles. The van der Waals surface area contributed by atoms with Gasteiger partial charge >= 0.3 is 0 Å². The van der Waals surface area contributed by atoms with Crippen LogP contribution in [0.2, 0.25) is 5.02 Å². The monoisotopic (exact) mass is 396 g/mol. The van der Waals surface area contributed by atoms with Crippen LogP contribution >= 0.6 is 23.4 Å². The SMILES string of the molecule is CCn1c(-c2ccccc2)cnc1SCc1nc(-c2cccc(Cl)c2)no1. The van der Waals surface area contributed by atoms with E-state index >= 15 is 0 Å². The molecule has 2 heterocycles. The van der Waals surface area contributed by atoms with E-state index in [0.717, 1.165) is 28.5 Å². The fourth-order valence-corrected chi connectivity index (χ4v) is 3.87. The summed E-state index contributed by atoms with van der Waals surface area (Å²) in [6.07, 6.45) is 1.91. The van der Waals surface area contributed by atoms with Gasteiger partial charge < -0.3 is 9.09 Å². The summed E-state index contributed by atoms with van der Waals surface area (Å²) in [5.41, 5.74) is 3.09. The van der Waals surface area contributed by atoms with E-state index in [-0.39, 0.29) is 0 Å². The minimum absolute atomic E-state index is 0.539. The highest BCUT2D eigenvalue weighted by molar-refractivity contribution is 7.98. The third-order valence-electron chi connectivity index (χ3n) is 4.08. The summed E-state index contributed by atoms with van der Waals surface area (Å²) in [6, 6.07) is 17.7. The van der Waals surface area contributed by atoms with Gasteiger partial charge in [-0.3, -0.25) is 0 Å². The summed E-state index contributed by atoms with van der Waals surface area (Å²) in [4.78, 5) is 9.04. The van der Waals surface area contributed by atoms with Crippen molar-refractivity contribution in [1.29, 1.82) is 0 Å². The molecule has 0 spiro atoms. The molecular formula is C20H17ClN4OS. The summed E-state index contributed by atoms with van der Waals surface area (Å²) in [7, 11) is 0. The predicted octanol–water partition coefficient (Wildman–Crippen LogP) is 5.57. The normalized spacial score (nSPS) is 11.0. The summed E-state index contributed by atoms with van der Waals surface area (Å²) in [6.45, 7) is 2.95. The van der Waals surface area contributed by atoms with Gasteiger partial charge in [-0.2, -0.15) is 4.98 Å². The molecule has 4 rings (SSSR count). The first kappa shape index (κ1) is 17.8. The lowest BCUT2D eigenvalue weighted by Crippen LogP contribution is -1.99. The Hall–Kier alpha value is -2.57. The topological polar surface area (TPSA) is 56.7 Å². The lowest BCUT2D eigenvalue weighted by Gasteiger charge is -2.08. The summed E-state index contributed by atoms with van der Waals surface area (Å²) < 4.78 is 7.57. The van der Waals surface area contributed by atoms with Gasteiger partial charge in [0.2, 0.25) is 11.7 Å². The number of hydrogen-bond acceptors (Lipinski definition) is 5. The van der Waals surface area contributed by atoms with Crippen LogP contribution in [0, 0.1) is 0 Å². The van der Waals surface area contributed by atoms with Gasteiger partial charge in [0.1, 0.15) is 0 Å². The molecule has 27 heavy (non-hydrogen) atoms. The fourth-order valence-electron chi connectivity index (χ4n) is 2.80. The van der Waals surface area contributed by atoms with E-state index in [4.69, 9.17) is 16.1 Å². The first-order valence-corrected chi connectivity index (χ1v) is 9.93. The highest BCUT2D eigenvalue weighted by Gasteiger charge is 2.14. The number of rotatable bonds is 6. The lowest BCUT2D eigenvalue weighted by atomic mass is 10.2. The smallest absolute Gasteiger partial charge is 0.237 e. The van der Waals surface area contributed by atoms with Gasteiger partial charge in [-0.25, -0.2) is 4.98 Å². The average Bonchev–Trinajstić information content (AvgIpc) is 3.34. The van der Waals surface area contributed by atoms with E-state index < -0.39 is 0 Å². The van der Waals surface area contributed by atoms with Crippen molar-refractivity contribution in [3.8, 4) is 22.6 Å². The van der Waals surface area contributed by atoms with Crippen molar-refractivity contribution in [2.45, 2.75) is 24.4 Å². The maximum absolute atomic E-state index is 6.03. The number of nitrogens with zero attached hydrogens (tertiary/aromatic N) is 4. The molecule has 7 heteroatoms. The third-order valence-corrected chi connectivity index (χ3v) is 5.29. The number of imidazole rings is 1. The van der Waals surface area contributed by atoms with Crippen LogP contribution < -0.4 is 0 Å². The summed E-state index contributed by atoms with van der Waals surface area (Å²) >= 11 is 7.61. The minimum Gasteiger partial charge on any atom is -0.338 e. The van der Waals surface area contributed by atoms with Crippen molar-refractivity contribution >= 4 is 23.4 Å². The molecule has 0 aliphatic rings. The van der Waals surface area contributed by atoms with Gasteiger partial charge in [0.25, 0.3) is 0 Å². The predicted molar refractivity (Wildman–Crippen MR) is 108 cm³/mol. The highest BCUT2D eigenvalue weighted by Crippen LogP contribution is 2.28. The Morgan fingerprint density at radius 3 is 2.67 bits per heavy atom. The standard InChI is InChI=1S/C20H17ClN4OS/c1-2-25-17(14-7-4-3-5-8-14)12-22-20(25)27-13-18-23-19(24-26-18)15-9-6-10-16(21)11-15/h3-12H,2,13H2,1H3. The quantitative estimate of drug-likeness (QED) is 0.399. The third kappa shape index (κ3) is 3.91. The summed E-state index contributed by atoms with van der Waals surface area (Å²) in [5.74, 6) is 1.65. The molecule has 136 valence electrons. The molecule has 0 unspecified atom stereocenters. The molecule has 0 saturated heterocycles. The average molecular weight is 397 g/mol. The van der Waals surface area contributed by atoms with Crippen LogP contribution in [0.3, 0.4) is 0 Å². The molecule has 0 fully saturated rings. The molecule has 0 bridgehead atoms. The van der Waals surface area contributed by atoms with Gasteiger partial charge in [0.15, 0.2) is 5.16 Å². The van der Waals surface area contributed by atoms with Crippen molar-refractivity contribution in [2.24, 2.45) is 0 Å². The van der Waals surface area contributed by atoms with Gasteiger partial charge in [-0.15, -0.1) is 0 Å². The van der Waals surface area contributed by atoms with Crippen LogP contribution in [-0.2, 0) is 12.3 Å². The highest BCUT2D eigenvalue weighted by atomic mass is 35.5. The van der Waals surface area contributed by atoms with Gasteiger partial charge in [0, 0.05) is 17.1 Å². The Morgan fingerprint density at radius 1 is 1.07 bits per heavy atom. The van der Waals surface area contributed by atoms with Crippen LogP contribution in [0.15, 0.2) is 70.5 Å². The molecule has 2 aromatic carbocycles. The zero-order valence-corrected chi connectivity index (χ0v) is 16.2. The second-order valence-corrected chi connectivity index (χ2v) is 7.23. The van der Waals surface area contributed by atoms with E-state index in [1.54, 1.807) is 11.8 Å². The Kier molecular flexibility index (Phi) is 5.27. The number of aromatic nitrogens is 4. The number of benzene rings is 2. The van der Waals surface area contributed by atoms with Crippen molar-refractivity contribution in [3.63, 3.8) is 0 Å². The molecule has 4 aromatic rings. The number of halogens is 1. The van der Waals surface area contributed by atoms with Crippen molar-refractivity contribution in [3.05, 3.63) is 71.7 Å². The second-order valence-electron chi connectivity index (χ2n) is 5.85. The molecule has 0 N–H and O–H groups in total. The maximum Gasteiger partial charge on any atom is 0.237 e. The zero-order valence-electron chi connectivity index (χ0n) is 14.7. The summed E-state index contributed by atoms with van der Waals surface area (Å²) in [5, 5.41) is 5.62. The van der Waals surface area contributed by atoms with Gasteiger partial charge in [-0.1, -0.05) is 71.0 Å². The van der Waals surface area contributed by atoms with E-state index in [1.165, 1.54) is 0 Å².